The van der Waals surface area contributed by atoms with Crippen LogP contribution in [0.15, 0.2) is 54.6 Å². The number of halogens is 1. The number of aromatic nitrogens is 1. The molecule has 0 amide bonds. The molecule has 0 atom stereocenters. The lowest BCUT2D eigenvalue weighted by molar-refractivity contribution is -1.91. The van der Waals surface area contributed by atoms with E-state index in [1.54, 1.807) is 6.07 Å². The second-order valence-electron chi connectivity index (χ2n) is 6.92. The van der Waals surface area contributed by atoms with Crippen molar-refractivity contribution in [1.29, 1.82) is 0 Å². The van der Waals surface area contributed by atoms with Gasteiger partial charge in [0.2, 0.25) is 0 Å². The zero-order valence-electron chi connectivity index (χ0n) is 15.7. The molecule has 0 spiro atoms. The molecule has 6 heteroatoms. The van der Waals surface area contributed by atoms with Crippen LogP contribution in [0.25, 0.3) is 32.9 Å². The Morgan fingerprint density at radius 3 is 2.32 bits per heavy atom. The average Bonchev–Trinajstić information content (AvgIpc) is 2.62. The minimum atomic E-state index is -4.61. The Balaban J connectivity index is 2.10. The van der Waals surface area contributed by atoms with Gasteiger partial charge < -0.3 is 0 Å². The van der Waals surface area contributed by atoms with E-state index in [1.165, 1.54) is 6.07 Å². The van der Waals surface area contributed by atoms with Gasteiger partial charge in [0.1, 0.15) is 10.2 Å². The van der Waals surface area contributed by atoms with E-state index in [0.717, 1.165) is 38.7 Å². The largest absolute Gasteiger partial charge is 0.297 e. The quantitative estimate of drug-likeness (QED) is 0.496. The summed E-state index contributed by atoms with van der Waals surface area (Å²) in [7, 11) is -4.61. The van der Waals surface area contributed by atoms with Crippen LogP contribution in [0.4, 0.5) is 0 Å². The Kier molecular flexibility index (Phi) is 4.48. The van der Waals surface area contributed by atoms with Gasteiger partial charge in [0.15, 0.2) is 0 Å². The van der Waals surface area contributed by atoms with Crippen molar-refractivity contribution in [3.05, 3.63) is 71.3 Å². The summed E-state index contributed by atoms with van der Waals surface area (Å²) in [6.07, 6.45) is 0. The Bertz CT molecular complexity index is 1210. The second kappa shape index (κ2) is 6.72. The fourth-order valence-electron chi connectivity index (χ4n) is 3.48. The van der Waals surface area contributed by atoms with Crippen molar-refractivity contribution in [2.24, 2.45) is 0 Å². The van der Waals surface area contributed by atoms with Crippen molar-refractivity contribution in [1.82, 2.24) is 4.98 Å². The van der Waals surface area contributed by atoms with Gasteiger partial charge in [-0.3, -0.25) is 0 Å². The van der Waals surface area contributed by atoms with Crippen molar-refractivity contribution >= 4 is 21.8 Å². The van der Waals surface area contributed by atoms with Gasteiger partial charge in [0, 0.05) is 10.9 Å². The fourth-order valence-corrected chi connectivity index (χ4v) is 3.82. The minimum absolute atomic E-state index is 0.0309. The lowest BCUT2D eigenvalue weighted by Gasteiger charge is -2.16. The van der Waals surface area contributed by atoms with Crippen LogP contribution in [0.5, 0.6) is 5.75 Å². The Morgan fingerprint density at radius 2 is 1.57 bits per heavy atom. The number of hydrogen-bond acceptors (Lipinski definition) is 5. The third kappa shape index (κ3) is 3.41. The zero-order valence-corrected chi connectivity index (χ0v) is 16.4. The molecule has 1 heterocycles. The molecule has 5 nitrogen and oxygen atoms in total. The van der Waals surface area contributed by atoms with Crippen molar-refractivity contribution < 1.29 is 28.5 Å². The molecule has 4 rings (SSSR count). The number of nitrogens with zero attached hydrogens (tertiary/aromatic N) is 1. The van der Waals surface area contributed by atoms with E-state index in [0.29, 0.717) is 10.9 Å². The molecular weight excluding hydrogens is 378 g/mol. The summed E-state index contributed by atoms with van der Waals surface area (Å²) in [6, 6.07) is 17.0. The SMILES string of the molecule is Cc1ccc(C)c(-c2ccc(O[Cl+3]([O-])([O-])[O-])c3cc4cccc(C)c4nc23)c1. The van der Waals surface area contributed by atoms with Crippen LogP contribution in [0, 0.1) is 31.0 Å². The zero-order chi connectivity index (χ0) is 20.1. The molecule has 0 N–H and O–H groups in total. The molecule has 0 bridgehead atoms. The number of hydrogen-bond donors (Lipinski definition) is 0. The lowest BCUT2D eigenvalue weighted by Crippen LogP contribution is -2.63. The summed E-state index contributed by atoms with van der Waals surface area (Å²) >= 11 is 0. The van der Waals surface area contributed by atoms with Gasteiger partial charge in [-0.05, 0) is 55.7 Å². The lowest BCUT2D eigenvalue weighted by atomic mass is 9.95. The summed E-state index contributed by atoms with van der Waals surface area (Å²) in [5.74, 6) is -0.0309. The van der Waals surface area contributed by atoms with Crippen LogP contribution in [0.3, 0.4) is 0 Å². The van der Waals surface area contributed by atoms with Gasteiger partial charge >= 0.3 is 0 Å². The summed E-state index contributed by atoms with van der Waals surface area (Å²) in [6.45, 7) is 6.00. The first-order valence-electron chi connectivity index (χ1n) is 8.74. The predicted octanol–water partition coefficient (Wildman–Crippen LogP) is 2.26. The average molecular weight is 396 g/mol. The van der Waals surface area contributed by atoms with Gasteiger partial charge in [-0.15, -0.1) is 0 Å². The summed E-state index contributed by atoms with van der Waals surface area (Å²) in [4.78, 5) is 4.84. The van der Waals surface area contributed by atoms with Crippen molar-refractivity contribution in [2.75, 3.05) is 0 Å². The third-order valence-corrected chi connectivity index (χ3v) is 5.19. The molecule has 0 saturated heterocycles. The van der Waals surface area contributed by atoms with Gasteiger partial charge in [0.05, 0.1) is 16.4 Å². The number of aryl methyl sites for hydroxylation is 3. The van der Waals surface area contributed by atoms with Gasteiger partial charge in [0.25, 0.3) is 5.75 Å². The molecule has 0 fully saturated rings. The van der Waals surface area contributed by atoms with E-state index in [4.69, 9.17) is 4.98 Å². The summed E-state index contributed by atoms with van der Waals surface area (Å²) in [5, 5.41) is 1.32. The highest BCUT2D eigenvalue weighted by molar-refractivity contribution is 6.04. The molecule has 0 saturated carbocycles. The number of fused-ring (bicyclic) bond motifs is 2. The predicted molar refractivity (Wildman–Crippen MR) is 99.5 cm³/mol. The molecule has 28 heavy (non-hydrogen) atoms. The number of benzene rings is 3. The van der Waals surface area contributed by atoms with Crippen LogP contribution >= 0.6 is 0 Å². The molecule has 0 aliphatic carbocycles. The van der Waals surface area contributed by atoms with Gasteiger partial charge in [-0.25, -0.2) is 4.98 Å². The molecule has 0 aliphatic heterocycles. The molecule has 3 aromatic carbocycles. The standard InChI is InChI=1S/C22H18ClNO4/c1-13-7-8-14(2)18(11-13)17-9-10-20(28-23(25,26)27)19-12-16-6-4-5-15(3)21(16)24-22(17)19/h4-12H,1-3H3. The van der Waals surface area contributed by atoms with E-state index in [-0.39, 0.29) is 5.75 Å². The van der Waals surface area contributed by atoms with Crippen molar-refractivity contribution in [2.45, 2.75) is 20.8 Å². The highest BCUT2D eigenvalue weighted by Gasteiger charge is 2.24. The molecule has 4 aromatic rings. The maximum Gasteiger partial charge on any atom is 0.297 e. The van der Waals surface area contributed by atoms with Gasteiger partial charge in [-0.1, -0.05) is 46.3 Å². The van der Waals surface area contributed by atoms with E-state index in [9.17, 15) is 14.0 Å². The normalized spacial score (nSPS) is 11.9. The summed E-state index contributed by atoms with van der Waals surface area (Å²) in [5.41, 5.74) is 6.45. The molecule has 142 valence electrons. The van der Waals surface area contributed by atoms with Gasteiger partial charge in [-0.2, -0.15) is 14.0 Å². The smallest absolute Gasteiger partial charge is 0.247 e. The Labute approximate surface area is 164 Å². The van der Waals surface area contributed by atoms with Crippen molar-refractivity contribution in [3.8, 4) is 16.9 Å². The maximum absolute atomic E-state index is 11.2. The van der Waals surface area contributed by atoms with E-state index in [2.05, 4.69) is 10.4 Å². The highest BCUT2D eigenvalue weighted by atomic mass is 35.7. The summed E-state index contributed by atoms with van der Waals surface area (Å²) < 4.78 is 38.3. The van der Waals surface area contributed by atoms with Crippen LogP contribution < -0.4 is 18.3 Å². The van der Waals surface area contributed by atoms with Crippen LogP contribution in [0.1, 0.15) is 16.7 Å². The van der Waals surface area contributed by atoms with E-state index >= 15 is 0 Å². The third-order valence-electron chi connectivity index (χ3n) is 4.83. The van der Waals surface area contributed by atoms with E-state index in [1.807, 2.05) is 57.2 Å². The monoisotopic (exact) mass is 395 g/mol. The van der Waals surface area contributed by atoms with Crippen LogP contribution in [-0.4, -0.2) is 4.98 Å². The highest BCUT2D eigenvalue weighted by Crippen LogP contribution is 2.37. The fraction of sp³-hybridized carbons (Fsp3) is 0.136. The van der Waals surface area contributed by atoms with Crippen LogP contribution in [-0.2, 0) is 0 Å². The molecule has 1 aromatic heterocycles. The number of pyridine rings is 1. The Hall–Kier alpha value is -2.70. The van der Waals surface area contributed by atoms with E-state index < -0.39 is 10.2 Å². The van der Waals surface area contributed by atoms with Crippen LogP contribution in [0.2, 0.25) is 0 Å². The number of para-hydroxylation sites is 1. The molecule has 0 aliphatic rings. The number of rotatable bonds is 3. The molecule has 0 unspecified atom stereocenters. The molecule has 0 radical (unpaired) electrons. The topological polar surface area (TPSA) is 91.3 Å². The second-order valence-corrected chi connectivity index (χ2v) is 7.83. The first kappa shape index (κ1) is 18.7. The minimum Gasteiger partial charge on any atom is -0.247 e. The molecular formula is C22H18ClNO4. The maximum atomic E-state index is 11.2. The first-order valence-corrected chi connectivity index (χ1v) is 9.97. The first-order chi connectivity index (χ1) is 13.2. The van der Waals surface area contributed by atoms with Crippen molar-refractivity contribution in [3.63, 3.8) is 0 Å². The Morgan fingerprint density at radius 1 is 0.786 bits per heavy atom.